The first kappa shape index (κ1) is 19.2. The van der Waals surface area contributed by atoms with Gasteiger partial charge in [0.1, 0.15) is 5.76 Å². The second-order valence-electron chi connectivity index (χ2n) is 5.56. The number of hydrogen-bond acceptors (Lipinski definition) is 6. The maximum Gasteiger partial charge on any atom is 0.191 e. The van der Waals surface area contributed by atoms with Crippen molar-refractivity contribution in [3.8, 4) is 11.4 Å². The van der Waals surface area contributed by atoms with Crippen LogP contribution < -0.4 is 0 Å². The van der Waals surface area contributed by atoms with E-state index in [9.17, 15) is 8.42 Å². The van der Waals surface area contributed by atoms with Gasteiger partial charge in [-0.2, -0.15) is 0 Å². The Bertz CT molecular complexity index is 995. The van der Waals surface area contributed by atoms with Crippen molar-refractivity contribution in [2.24, 2.45) is 0 Å². The maximum atomic E-state index is 12.4. The minimum Gasteiger partial charge on any atom is -0.469 e. The lowest BCUT2D eigenvalue weighted by Crippen LogP contribution is -2.09. The molecule has 0 aliphatic heterocycles. The van der Waals surface area contributed by atoms with Crippen LogP contribution in [0.2, 0.25) is 0 Å². The summed E-state index contributed by atoms with van der Waals surface area (Å²) in [6, 6.07) is 8.54. The number of rotatable bonds is 7. The molecule has 0 aliphatic carbocycles. The zero-order chi connectivity index (χ0) is 18.7. The largest absolute Gasteiger partial charge is 0.469 e. The Kier molecular flexibility index (Phi) is 5.89. The van der Waals surface area contributed by atoms with Gasteiger partial charge in [-0.05, 0) is 44.2 Å². The van der Waals surface area contributed by atoms with Crippen molar-refractivity contribution in [2.75, 3.05) is 11.5 Å². The van der Waals surface area contributed by atoms with Crippen LogP contribution in [0.4, 0.5) is 0 Å². The van der Waals surface area contributed by atoms with Crippen molar-refractivity contribution >= 4 is 37.5 Å². The van der Waals surface area contributed by atoms with Crippen LogP contribution in [-0.2, 0) is 16.4 Å². The molecule has 0 spiro atoms. The number of aromatic nitrogens is 3. The van der Waals surface area contributed by atoms with Crippen molar-refractivity contribution in [2.45, 2.75) is 30.4 Å². The predicted molar refractivity (Wildman–Crippen MR) is 105 cm³/mol. The van der Waals surface area contributed by atoms with Gasteiger partial charge in [-0.3, -0.25) is 0 Å². The lowest BCUT2D eigenvalue weighted by Gasteiger charge is -2.07. The van der Waals surface area contributed by atoms with E-state index in [1.807, 2.05) is 24.5 Å². The third-order valence-electron chi connectivity index (χ3n) is 3.89. The van der Waals surface area contributed by atoms with Crippen LogP contribution in [0.15, 0.2) is 55.5 Å². The molecular formula is C17H18BrN3O3S2. The van der Waals surface area contributed by atoms with Crippen LogP contribution in [0.5, 0.6) is 0 Å². The molecule has 0 bridgehead atoms. The van der Waals surface area contributed by atoms with Crippen molar-refractivity contribution < 1.29 is 12.8 Å². The number of nitrogens with zero attached hydrogens (tertiary/aromatic N) is 3. The fourth-order valence-corrected chi connectivity index (χ4v) is 5.41. The summed E-state index contributed by atoms with van der Waals surface area (Å²) in [7, 11) is -3.32. The Morgan fingerprint density at radius 1 is 1.19 bits per heavy atom. The molecular weight excluding hydrogens is 438 g/mol. The minimum atomic E-state index is -3.32. The molecule has 0 N–H and O–H groups in total. The van der Waals surface area contributed by atoms with Crippen molar-refractivity contribution in [3.05, 3.63) is 46.8 Å². The minimum absolute atomic E-state index is 0.0376. The molecule has 9 heteroatoms. The standard InChI is InChI=1S/C17H18BrN3O3S2/c1-3-21-16(15-8-9-24-12(15)2)19-20-17(21)25-10-11-26(22,23)14-6-4-13(18)5-7-14/h4-9H,3,10-11H2,1-2H3. The Labute approximate surface area is 165 Å². The van der Waals surface area contributed by atoms with Crippen LogP contribution in [0, 0.1) is 6.92 Å². The van der Waals surface area contributed by atoms with Crippen LogP contribution in [-0.4, -0.2) is 34.7 Å². The second kappa shape index (κ2) is 7.98. The molecule has 0 fully saturated rings. The molecule has 0 saturated heterocycles. The van der Waals surface area contributed by atoms with E-state index < -0.39 is 9.84 Å². The summed E-state index contributed by atoms with van der Waals surface area (Å²) in [6.45, 7) is 4.57. The van der Waals surface area contributed by atoms with E-state index in [0.717, 1.165) is 21.6 Å². The first-order chi connectivity index (χ1) is 12.4. The molecule has 6 nitrogen and oxygen atoms in total. The summed E-state index contributed by atoms with van der Waals surface area (Å²) in [5.41, 5.74) is 0.897. The van der Waals surface area contributed by atoms with Crippen LogP contribution in [0.25, 0.3) is 11.4 Å². The lowest BCUT2D eigenvalue weighted by molar-refractivity contribution is 0.534. The number of halogens is 1. The Morgan fingerprint density at radius 3 is 2.54 bits per heavy atom. The number of benzene rings is 1. The number of hydrogen-bond donors (Lipinski definition) is 0. The highest BCUT2D eigenvalue weighted by Crippen LogP contribution is 2.27. The molecule has 138 valence electrons. The lowest BCUT2D eigenvalue weighted by atomic mass is 10.2. The van der Waals surface area contributed by atoms with Gasteiger partial charge in [-0.1, -0.05) is 27.7 Å². The molecule has 0 radical (unpaired) electrons. The summed E-state index contributed by atoms with van der Waals surface area (Å²) >= 11 is 4.70. The molecule has 3 aromatic rings. The monoisotopic (exact) mass is 455 g/mol. The normalized spacial score (nSPS) is 11.8. The Balaban J connectivity index is 1.71. The molecule has 0 aliphatic rings. The van der Waals surface area contributed by atoms with E-state index in [-0.39, 0.29) is 5.75 Å². The van der Waals surface area contributed by atoms with E-state index in [4.69, 9.17) is 4.42 Å². The smallest absolute Gasteiger partial charge is 0.191 e. The molecule has 2 heterocycles. The SMILES string of the molecule is CCn1c(SCCS(=O)(=O)c2ccc(Br)cc2)nnc1-c1ccoc1C. The topological polar surface area (TPSA) is 78.0 Å². The van der Waals surface area contributed by atoms with Crippen molar-refractivity contribution in [1.82, 2.24) is 14.8 Å². The molecule has 1 aromatic carbocycles. The van der Waals surface area contributed by atoms with Gasteiger partial charge in [-0.25, -0.2) is 8.42 Å². The third-order valence-corrected chi connectivity index (χ3v) is 7.38. The van der Waals surface area contributed by atoms with E-state index in [1.165, 1.54) is 11.8 Å². The van der Waals surface area contributed by atoms with Gasteiger partial charge in [0.2, 0.25) is 0 Å². The first-order valence-corrected chi connectivity index (χ1v) is 11.4. The van der Waals surface area contributed by atoms with Gasteiger partial charge < -0.3 is 8.98 Å². The quantitative estimate of drug-likeness (QED) is 0.496. The molecule has 26 heavy (non-hydrogen) atoms. The van der Waals surface area contributed by atoms with Gasteiger partial charge in [0.25, 0.3) is 0 Å². The van der Waals surface area contributed by atoms with Gasteiger partial charge in [0.15, 0.2) is 20.8 Å². The zero-order valence-electron chi connectivity index (χ0n) is 14.3. The Hall–Kier alpha value is -1.58. The predicted octanol–water partition coefficient (Wildman–Crippen LogP) is 4.19. The van der Waals surface area contributed by atoms with E-state index in [1.54, 1.807) is 30.5 Å². The zero-order valence-corrected chi connectivity index (χ0v) is 17.6. The fourth-order valence-electron chi connectivity index (χ4n) is 2.50. The number of aryl methyl sites for hydroxylation is 1. The maximum absolute atomic E-state index is 12.4. The van der Waals surface area contributed by atoms with Gasteiger partial charge >= 0.3 is 0 Å². The molecule has 0 atom stereocenters. The van der Waals surface area contributed by atoms with Crippen molar-refractivity contribution in [3.63, 3.8) is 0 Å². The fraction of sp³-hybridized carbons (Fsp3) is 0.294. The molecule has 3 rings (SSSR count). The summed E-state index contributed by atoms with van der Waals surface area (Å²) in [5, 5.41) is 9.17. The van der Waals surface area contributed by atoms with E-state index in [0.29, 0.717) is 22.3 Å². The van der Waals surface area contributed by atoms with Crippen LogP contribution in [0.3, 0.4) is 0 Å². The average molecular weight is 456 g/mol. The average Bonchev–Trinajstić information content (AvgIpc) is 3.20. The molecule has 2 aromatic heterocycles. The van der Waals surface area contributed by atoms with E-state index in [2.05, 4.69) is 26.1 Å². The van der Waals surface area contributed by atoms with Gasteiger partial charge in [-0.15, -0.1) is 10.2 Å². The molecule has 0 saturated carbocycles. The number of thioether (sulfide) groups is 1. The summed E-state index contributed by atoms with van der Waals surface area (Å²) < 4.78 is 33.0. The van der Waals surface area contributed by atoms with Gasteiger partial charge in [0.05, 0.1) is 22.5 Å². The van der Waals surface area contributed by atoms with Gasteiger partial charge in [0, 0.05) is 16.8 Å². The summed E-state index contributed by atoms with van der Waals surface area (Å²) in [4.78, 5) is 0.327. The van der Waals surface area contributed by atoms with Crippen molar-refractivity contribution in [1.29, 1.82) is 0 Å². The highest BCUT2D eigenvalue weighted by atomic mass is 79.9. The molecule has 0 unspecified atom stereocenters. The second-order valence-corrected chi connectivity index (χ2v) is 9.65. The third kappa shape index (κ3) is 4.05. The van der Waals surface area contributed by atoms with Crippen LogP contribution in [0.1, 0.15) is 12.7 Å². The number of sulfone groups is 1. The number of furan rings is 1. The highest BCUT2D eigenvalue weighted by Gasteiger charge is 2.18. The Morgan fingerprint density at radius 2 is 1.92 bits per heavy atom. The van der Waals surface area contributed by atoms with Crippen LogP contribution >= 0.6 is 27.7 Å². The molecule has 0 amide bonds. The first-order valence-electron chi connectivity index (χ1n) is 8.01. The summed E-state index contributed by atoms with van der Waals surface area (Å²) in [6.07, 6.45) is 1.62. The highest BCUT2D eigenvalue weighted by molar-refractivity contribution is 9.10. The summed E-state index contributed by atoms with van der Waals surface area (Å²) in [5.74, 6) is 1.95. The van der Waals surface area contributed by atoms with E-state index >= 15 is 0 Å².